The zero-order valence-corrected chi connectivity index (χ0v) is 7.29. The van der Waals surface area contributed by atoms with E-state index in [-0.39, 0.29) is 0 Å². The van der Waals surface area contributed by atoms with Crippen LogP contribution in [0.4, 0.5) is 0 Å². The van der Waals surface area contributed by atoms with Gasteiger partial charge < -0.3 is 0 Å². The number of rotatable bonds is 2. The minimum absolute atomic E-state index is 0.420. The maximum absolute atomic E-state index is 3.51. The fourth-order valence-corrected chi connectivity index (χ4v) is 1.73. The molecule has 0 saturated carbocycles. The van der Waals surface area contributed by atoms with E-state index in [0.29, 0.717) is 15.0 Å². The first-order valence-electron chi connectivity index (χ1n) is 2.99. The summed E-state index contributed by atoms with van der Waals surface area (Å²) in [4.78, 5) is 1.99. The molecular weight excluding hydrogens is 187 g/mol. The molecule has 0 N–H and O–H groups in total. The summed E-state index contributed by atoms with van der Waals surface area (Å²) < 4.78 is 1.37. The summed E-state index contributed by atoms with van der Waals surface area (Å²) in [6, 6.07) is 10.4. The van der Waals surface area contributed by atoms with Crippen molar-refractivity contribution in [3.05, 3.63) is 47.6 Å². The molecule has 50 valence electrons. The van der Waals surface area contributed by atoms with E-state index in [9.17, 15) is 0 Å². The molecule has 0 bridgehead atoms. The van der Waals surface area contributed by atoms with Gasteiger partial charge in [-0.2, -0.15) is 0 Å². The van der Waals surface area contributed by atoms with E-state index in [1.807, 2.05) is 23.2 Å². The average Bonchev–Trinajstić information content (AvgIpc) is 2.03. The zero-order valence-electron chi connectivity index (χ0n) is 5.58. The Hall–Kier alpha value is -0.741. The SMILES string of the molecule is C=C=C[Se]c1ccccc1. The summed E-state index contributed by atoms with van der Waals surface area (Å²) in [6.45, 7) is 3.51. The number of benzene rings is 1. The topological polar surface area (TPSA) is 0 Å². The third-order valence-corrected chi connectivity index (χ3v) is 2.76. The number of hydrogen-bond acceptors (Lipinski definition) is 0. The van der Waals surface area contributed by atoms with E-state index in [1.54, 1.807) is 0 Å². The van der Waals surface area contributed by atoms with Gasteiger partial charge in [-0.1, -0.05) is 0 Å². The quantitative estimate of drug-likeness (QED) is 0.493. The van der Waals surface area contributed by atoms with Crippen LogP contribution in [0.5, 0.6) is 0 Å². The van der Waals surface area contributed by atoms with Gasteiger partial charge in [0.15, 0.2) is 0 Å². The molecule has 0 aromatic heterocycles. The van der Waals surface area contributed by atoms with Crippen molar-refractivity contribution in [2.24, 2.45) is 0 Å². The molecule has 1 aromatic rings. The van der Waals surface area contributed by atoms with Crippen LogP contribution in [0.2, 0.25) is 0 Å². The van der Waals surface area contributed by atoms with E-state index in [4.69, 9.17) is 0 Å². The third kappa shape index (κ3) is 2.24. The van der Waals surface area contributed by atoms with Gasteiger partial charge in [-0.3, -0.25) is 0 Å². The summed E-state index contributed by atoms with van der Waals surface area (Å²) >= 11 is 0.420. The van der Waals surface area contributed by atoms with Crippen LogP contribution in [-0.2, 0) is 0 Å². The van der Waals surface area contributed by atoms with E-state index >= 15 is 0 Å². The van der Waals surface area contributed by atoms with Crippen LogP contribution in [0.1, 0.15) is 0 Å². The summed E-state index contributed by atoms with van der Waals surface area (Å²) in [5.41, 5.74) is 2.77. The molecule has 0 nitrogen and oxygen atoms in total. The molecule has 0 aliphatic heterocycles. The minimum atomic E-state index is 0.420. The van der Waals surface area contributed by atoms with Crippen LogP contribution in [0.25, 0.3) is 0 Å². The maximum atomic E-state index is 3.51. The molecule has 1 heteroatoms. The average molecular weight is 195 g/mol. The molecule has 0 unspecified atom stereocenters. The van der Waals surface area contributed by atoms with Crippen molar-refractivity contribution in [3.8, 4) is 0 Å². The van der Waals surface area contributed by atoms with Crippen LogP contribution in [0.3, 0.4) is 0 Å². The van der Waals surface area contributed by atoms with Crippen molar-refractivity contribution < 1.29 is 0 Å². The zero-order chi connectivity index (χ0) is 7.23. The Morgan fingerprint density at radius 2 is 2.00 bits per heavy atom. The predicted molar refractivity (Wildman–Crippen MR) is 45.5 cm³/mol. The molecule has 0 aliphatic carbocycles. The normalized spacial score (nSPS) is 8.40. The second kappa shape index (κ2) is 4.14. The van der Waals surface area contributed by atoms with Crippen molar-refractivity contribution in [2.75, 3.05) is 0 Å². The molecule has 0 radical (unpaired) electrons. The van der Waals surface area contributed by atoms with Gasteiger partial charge in [0.1, 0.15) is 0 Å². The Labute approximate surface area is 67.4 Å². The van der Waals surface area contributed by atoms with E-state index in [0.717, 1.165) is 0 Å². The Morgan fingerprint density at radius 3 is 2.60 bits per heavy atom. The van der Waals surface area contributed by atoms with E-state index < -0.39 is 0 Å². The fourth-order valence-electron chi connectivity index (χ4n) is 0.609. The molecule has 0 spiro atoms. The summed E-state index contributed by atoms with van der Waals surface area (Å²) in [7, 11) is 0. The first kappa shape index (κ1) is 7.37. The van der Waals surface area contributed by atoms with Crippen molar-refractivity contribution in [3.63, 3.8) is 0 Å². The van der Waals surface area contributed by atoms with E-state index in [2.05, 4.69) is 24.4 Å². The van der Waals surface area contributed by atoms with Gasteiger partial charge >= 0.3 is 67.0 Å². The third-order valence-electron chi connectivity index (χ3n) is 1.02. The van der Waals surface area contributed by atoms with E-state index in [1.165, 1.54) is 4.46 Å². The van der Waals surface area contributed by atoms with Crippen molar-refractivity contribution in [1.82, 2.24) is 0 Å². The number of hydrogen-bond donors (Lipinski definition) is 0. The van der Waals surface area contributed by atoms with Crippen LogP contribution in [0, 0.1) is 0 Å². The summed E-state index contributed by atoms with van der Waals surface area (Å²) in [5, 5.41) is 0. The van der Waals surface area contributed by atoms with Crippen molar-refractivity contribution in [2.45, 2.75) is 0 Å². The molecule has 1 rings (SSSR count). The monoisotopic (exact) mass is 196 g/mol. The Bertz CT molecular complexity index is 232. The van der Waals surface area contributed by atoms with Gasteiger partial charge in [-0.25, -0.2) is 0 Å². The summed E-state index contributed by atoms with van der Waals surface area (Å²) in [6.07, 6.45) is 0. The molecular formula is C9H8Se. The second-order valence-electron chi connectivity index (χ2n) is 1.75. The molecule has 0 saturated heterocycles. The fraction of sp³-hybridized carbons (Fsp3) is 0. The first-order chi connectivity index (χ1) is 4.93. The molecule has 1 aromatic carbocycles. The molecule has 0 amide bonds. The predicted octanol–water partition coefficient (Wildman–Crippen LogP) is 1.31. The van der Waals surface area contributed by atoms with Crippen LogP contribution < -0.4 is 4.46 Å². The molecule has 0 heterocycles. The Balaban J connectivity index is 2.67. The van der Waals surface area contributed by atoms with Crippen molar-refractivity contribution in [1.29, 1.82) is 0 Å². The summed E-state index contributed by atoms with van der Waals surface area (Å²) in [5.74, 6) is 0. The molecule has 0 atom stereocenters. The van der Waals surface area contributed by atoms with Gasteiger partial charge in [0.2, 0.25) is 0 Å². The molecule has 0 fully saturated rings. The van der Waals surface area contributed by atoms with Gasteiger partial charge in [0.05, 0.1) is 0 Å². The Kier molecular flexibility index (Phi) is 3.05. The van der Waals surface area contributed by atoms with Crippen LogP contribution in [0.15, 0.2) is 47.6 Å². The van der Waals surface area contributed by atoms with Crippen LogP contribution in [-0.4, -0.2) is 15.0 Å². The Morgan fingerprint density at radius 1 is 1.30 bits per heavy atom. The second-order valence-corrected chi connectivity index (χ2v) is 3.73. The van der Waals surface area contributed by atoms with Gasteiger partial charge in [0, 0.05) is 0 Å². The van der Waals surface area contributed by atoms with Gasteiger partial charge in [-0.15, -0.1) is 0 Å². The standard InChI is InChI=1S/C9H8Se/c1-2-8-10-9-6-4-3-5-7-9/h3-8H,1H2. The molecule has 10 heavy (non-hydrogen) atoms. The van der Waals surface area contributed by atoms with Gasteiger partial charge in [-0.05, 0) is 0 Å². The van der Waals surface area contributed by atoms with Crippen molar-refractivity contribution >= 4 is 19.4 Å². The van der Waals surface area contributed by atoms with Crippen LogP contribution >= 0.6 is 0 Å². The van der Waals surface area contributed by atoms with Gasteiger partial charge in [0.25, 0.3) is 0 Å². The molecule has 0 aliphatic rings. The first-order valence-corrected chi connectivity index (χ1v) is 4.84.